The van der Waals surface area contributed by atoms with Crippen LogP contribution < -0.4 is 10.1 Å². The van der Waals surface area contributed by atoms with E-state index in [1.165, 1.54) is 0 Å². The zero-order chi connectivity index (χ0) is 18.5. The van der Waals surface area contributed by atoms with Gasteiger partial charge in [0.1, 0.15) is 11.5 Å². The summed E-state index contributed by atoms with van der Waals surface area (Å²) >= 11 is 0. The normalized spacial score (nSPS) is 10.4. The predicted octanol–water partition coefficient (Wildman–Crippen LogP) is 4.78. The molecule has 1 N–H and O–H groups in total. The Hall–Kier alpha value is -3.93. The molecule has 0 bridgehead atoms. The Morgan fingerprint density at radius 2 is 1.52 bits per heavy atom. The third-order valence-electron chi connectivity index (χ3n) is 3.74. The molecular weight excluding hydrogens is 342 g/mol. The molecule has 0 saturated carbocycles. The van der Waals surface area contributed by atoms with Gasteiger partial charge >= 0.3 is 6.01 Å². The first kappa shape index (κ1) is 16.5. The van der Waals surface area contributed by atoms with Crippen molar-refractivity contribution in [1.29, 1.82) is 0 Å². The Labute approximate surface area is 155 Å². The average Bonchev–Trinajstić information content (AvgIpc) is 3.18. The van der Waals surface area contributed by atoms with E-state index >= 15 is 0 Å². The minimum atomic E-state index is -0.364. The molecule has 0 aliphatic carbocycles. The fourth-order valence-electron chi connectivity index (χ4n) is 2.47. The third kappa shape index (κ3) is 4.01. The van der Waals surface area contributed by atoms with Crippen LogP contribution in [0.1, 0.15) is 10.4 Å². The molecule has 0 aliphatic rings. The molecule has 4 aromatic rings. The monoisotopic (exact) mass is 357 g/mol. The van der Waals surface area contributed by atoms with Crippen molar-refractivity contribution in [2.75, 3.05) is 5.32 Å². The topological polar surface area (TPSA) is 77.3 Å². The first-order valence-corrected chi connectivity index (χ1v) is 8.31. The highest BCUT2D eigenvalue weighted by molar-refractivity contribution is 6.03. The van der Waals surface area contributed by atoms with Crippen LogP contribution in [0.15, 0.2) is 89.3 Å². The summed E-state index contributed by atoms with van der Waals surface area (Å²) in [7, 11) is 0. The Morgan fingerprint density at radius 3 is 2.30 bits per heavy atom. The van der Waals surface area contributed by atoms with Gasteiger partial charge in [-0.15, -0.1) is 5.10 Å². The van der Waals surface area contributed by atoms with Crippen molar-refractivity contribution < 1.29 is 13.9 Å². The van der Waals surface area contributed by atoms with E-state index in [0.29, 0.717) is 23.0 Å². The molecule has 0 atom stereocenters. The maximum absolute atomic E-state index is 12.5. The lowest BCUT2D eigenvalue weighted by Crippen LogP contribution is -2.12. The number of anilines is 1. The Bertz CT molecular complexity index is 1050. The lowest BCUT2D eigenvalue weighted by atomic mass is 10.2. The largest absolute Gasteiger partial charge is 0.457 e. The summed E-state index contributed by atoms with van der Waals surface area (Å²) in [5.41, 5.74) is 1.20. The molecular formula is C21H15N3O3. The van der Waals surface area contributed by atoms with Gasteiger partial charge < -0.3 is 9.15 Å². The second-order valence-corrected chi connectivity index (χ2v) is 5.68. The van der Waals surface area contributed by atoms with E-state index in [4.69, 9.17) is 9.15 Å². The maximum Gasteiger partial charge on any atom is 0.322 e. The van der Waals surface area contributed by atoms with E-state index in [1.807, 2.05) is 60.7 Å². The second kappa shape index (κ2) is 7.53. The average molecular weight is 357 g/mol. The van der Waals surface area contributed by atoms with E-state index in [0.717, 1.165) is 5.56 Å². The van der Waals surface area contributed by atoms with Crippen molar-refractivity contribution in [3.05, 3.63) is 90.5 Å². The van der Waals surface area contributed by atoms with Gasteiger partial charge in [0.15, 0.2) is 0 Å². The second-order valence-electron chi connectivity index (χ2n) is 5.68. The van der Waals surface area contributed by atoms with Crippen LogP contribution in [-0.2, 0) is 0 Å². The predicted molar refractivity (Wildman–Crippen MR) is 101 cm³/mol. The molecule has 0 unspecified atom stereocenters. The number of rotatable bonds is 5. The van der Waals surface area contributed by atoms with E-state index in [-0.39, 0.29) is 11.9 Å². The molecule has 0 aliphatic heterocycles. The summed E-state index contributed by atoms with van der Waals surface area (Å²) < 4.78 is 11.3. The molecule has 1 aromatic heterocycles. The van der Waals surface area contributed by atoms with Gasteiger partial charge in [0, 0.05) is 11.1 Å². The quantitative estimate of drug-likeness (QED) is 0.556. The van der Waals surface area contributed by atoms with Crippen LogP contribution in [0.2, 0.25) is 0 Å². The zero-order valence-electron chi connectivity index (χ0n) is 14.2. The third-order valence-corrected chi connectivity index (χ3v) is 3.74. The van der Waals surface area contributed by atoms with Crippen LogP contribution in [0.25, 0.3) is 11.5 Å². The minimum Gasteiger partial charge on any atom is -0.457 e. The molecule has 0 saturated heterocycles. The van der Waals surface area contributed by atoms with Crippen molar-refractivity contribution in [3.63, 3.8) is 0 Å². The molecule has 1 amide bonds. The lowest BCUT2D eigenvalue weighted by molar-refractivity contribution is 0.102. The molecule has 27 heavy (non-hydrogen) atoms. The van der Waals surface area contributed by atoms with Crippen molar-refractivity contribution in [2.45, 2.75) is 0 Å². The number of ether oxygens (including phenoxy) is 1. The highest BCUT2D eigenvalue weighted by atomic mass is 16.5. The van der Waals surface area contributed by atoms with Crippen LogP contribution in [0.3, 0.4) is 0 Å². The number of carbonyl (C=O) groups is 1. The standard InChI is InChI=1S/C21H15N3O3/c25-19(22-21-24-23-20(27-21)15-8-3-1-4-9-15)16-10-7-13-18(14-16)26-17-11-5-2-6-12-17/h1-14H,(H,22,24,25). The number of nitrogens with zero attached hydrogens (tertiary/aromatic N) is 2. The summed E-state index contributed by atoms with van der Waals surface area (Å²) in [5.74, 6) is 1.23. The SMILES string of the molecule is O=C(Nc1nnc(-c2ccccc2)o1)c1cccc(Oc2ccccc2)c1. The van der Waals surface area contributed by atoms with Gasteiger partial charge in [-0.3, -0.25) is 10.1 Å². The number of amides is 1. The minimum absolute atomic E-state index is 0.0354. The van der Waals surface area contributed by atoms with E-state index < -0.39 is 0 Å². The van der Waals surface area contributed by atoms with E-state index in [2.05, 4.69) is 15.5 Å². The van der Waals surface area contributed by atoms with E-state index in [1.54, 1.807) is 24.3 Å². The van der Waals surface area contributed by atoms with Crippen LogP contribution in [0.4, 0.5) is 6.01 Å². The summed E-state index contributed by atoms with van der Waals surface area (Å²) in [6.07, 6.45) is 0. The molecule has 3 aromatic carbocycles. The smallest absolute Gasteiger partial charge is 0.322 e. The van der Waals surface area contributed by atoms with Crippen LogP contribution in [0, 0.1) is 0 Å². The molecule has 0 radical (unpaired) electrons. The first-order chi connectivity index (χ1) is 13.3. The Morgan fingerprint density at radius 1 is 0.815 bits per heavy atom. The molecule has 1 heterocycles. The van der Waals surface area contributed by atoms with Gasteiger partial charge in [-0.1, -0.05) is 47.6 Å². The summed E-state index contributed by atoms with van der Waals surface area (Å²) in [6.45, 7) is 0. The van der Waals surface area contributed by atoms with Gasteiger partial charge in [-0.2, -0.15) is 0 Å². The highest BCUT2D eigenvalue weighted by Crippen LogP contribution is 2.23. The van der Waals surface area contributed by atoms with Crippen molar-refractivity contribution in [3.8, 4) is 23.0 Å². The van der Waals surface area contributed by atoms with Gasteiger partial charge in [-0.25, -0.2) is 0 Å². The van der Waals surface area contributed by atoms with Crippen molar-refractivity contribution in [1.82, 2.24) is 10.2 Å². The van der Waals surface area contributed by atoms with Crippen LogP contribution >= 0.6 is 0 Å². The lowest BCUT2D eigenvalue weighted by Gasteiger charge is -2.07. The molecule has 132 valence electrons. The number of benzene rings is 3. The first-order valence-electron chi connectivity index (χ1n) is 8.31. The Balaban J connectivity index is 1.47. The Kier molecular flexibility index (Phi) is 4.61. The van der Waals surface area contributed by atoms with Crippen LogP contribution in [-0.4, -0.2) is 16.1 Å². The number of hydrogen-bond donors (Lipinski definition) is 1. The van der Waals surface area contributed by atoms with Gasteiger partial charge in [0.05, 0.1) is 0 Å². The summed E-state index contributed by atoms with van der Waals surface area (Å²) in [4.78, 5) is 12.5. The highest BCUT2D eigenvalue weighted by Gasteiger charge is 2.13. The zero-order valence-corrected chi connectivity index (χ0v) is 14.2. The molecule has 6 heteroatoms. The molecule has 0 spiro atoms. The number of nitrogens with one attached hydrogen (secondary N) is 1. The van der Waals surface area contributed by atoms with Gasteiger partial charge in [0.25, 0.3) is 5.91 Å². The number of carbonyl (C=O) groups excluding carboxylic acids is 1. The van der Waals surface area contributed by atoms with Crippen molar-refractivity contribution in [2.24, 2.45) is 0 Å². The van der Waals surface area contributed by atoms with Gasteiger partial charge in [-0.05, 0) is 42.5 Å². The molecule has 4 rings (SSSR count). The van der Waals surface area contributed by atoms with E-state index in [9.17, 15) is 4.79 Å². The fraction of sp³-hybridized carbons (Fsp3) is 0. The van der Waals surface area contributed by atoms with Crippen LogP contribution in [0.5, 0.6) is 11.5 Å². The molecule has 0 fully saturated rings. The van der Waals surface area contributed by atoms with Crippen molar-refractivity contribution >= 4 is 11.9 Å². The number of aromatic nitrogens is 2. The number of para-hydroxylation sites is 1. The fourth-order valence-corrected chi connectivity index (χ4v) is 2.47. The maximum atomic E-state index is 12.5. The summed E-state index contributed by atoms with van der Waals surface area (Å²) in [5, 5.41) is 10.4. The van der Waals surface area contributed by atoms with Gasteiger partial charge in [0.2, 0.25) is 5.89 Å². The molecule has 6 nitrogen and oxygen atoms in total. The summed E-state index contributed by atoms with van der Waals surface area (Å²) in [6, 6.07) is 25.6. The number of hydrogen-bond acceptors (Lipinski definition) is 5.